The zero-order chi connectivity index (χ0) is 7.90. The van der Waals surface area contributed by atoms with Crippen LogP contribution < -0.4 is 0 Å². The third-order valence-electron chi connectivity index (χ3n) is 2.05. The monoisotopic (exact) mass is 169 g/mol. The Morgan fingerprint density at radius 2 is 2.36 bits per heavy atom. The van der Waals surface area contributed by atoms with Crippen molar-refractivity contribution in [1.29, 1.82) is 0 Å². The Morgan fingerprint density at radius 3 is 2.73 bits per heavy atom. The van der Waals surface area contributed by atoms with Crippen LogP contribution >= 0.6 is 11.3 Å². The van der Waals surface area contributed by atoms with Crippen LogP contribution in [-0.4, -0.2) is 4.92 Å². The second kappa shape index (κ2) is 2.04. The second-order valence-electron chi connectivity index (χ2n) is 2.77. The van der Waals surface area contributed by atoms with E-state index in [-0.39, 0.29) is 4.92 Å². The van der Waals surface area contributed by atoms with Crippen molar-refractivity contribution in [3.8, 4) is 0 Å². The molecule has 1 aromatic rings. The van der Waals surface area contributed by atoms with Gasteiger partial charge in [-0.3, -0.25) is 10.1 Å². The normalized spacial score (nSPS) is 19.6. The van der Waals surface area contributed by atoms with Crippen LogP contribution in [0.2, 0.25) is 0 Å². The zero-order valence-electron chi connectivity index (χ0n) is 5.82. The van der Waals surface area contributed by atoms with Crippen LogP contribution in [0.4, 0.5) is 0 Å². The Morgan fingerprint density at radius 1 is 1.64 bits per heavy atom. The fourth-order valence-electron chi connectivity index (χ4n) is 1.18. The van der Waals surface area contributed by atoms with Crippen molar-refractivity contribution < 1.29 is 4.92 Å². The zero-order valence-corrected chi connectivity index (χ0v) is 6.63. The Balaban J connectivity index is 2.36. The maximum absolute atomic E-state index is 10.6. The predicted molar refractivity (Wildman–Crippen MR) is 42.2 cm³/mol. The summed E-state index contributed by atoms with van der Waals surface area (Å²) in [5.41, 5.74) is -0.686. The van der Waals surface area contributed by atoms with Crippen LogP contribution in [0.5, 0.6) is 0 Å². The molecule has 0 atom stereocenters. The highest BCUT2D eigenvalue weighted by molar-refractivity contribution is 7.10. The van der Waals surface area contributed by atoms with Crippen molar-refractivity contribution in [1.82, 2.24) is 0 Å². The summed E-state index contributed by atoms with van der Waals surface area (Å²) in [5, 5.41) is 12.5. The van der Waals surface area contributed by atoms with E-state index in [0.29, 0.717) is 12.8 Å². The second-order valence-corrected chi connectivity index (χ2v) is 3.71. The van der Waals surface area contributed by atoms with Gasteiger partial charge in [0.05, 0.1) is 4.88 Å². The average Bonchev–Trinajstić information content (AvgIpc) is 2.61. The van der Waals surface area contributed by atoms with Gasteiger partial charge in [-0.25, -0.2) is 0 Å². The molecule has 2 rings (SSSR count). The Labute approximate surface area is 67.8 Å². The third kappa shape index (κ3) is 0.860. The van der Waals surface area contributed by atoms with E-state index in [9.17, 15) is 10.1 Å². The lowest BCUT2D eigenvalue weighted by Crippen LogP contribution is -2.16. The Hall–Kier alpha value is -0.900. The molecule has 1 fully saturated rings. The first kappa shape index (κ1) is 6.79. The van der Waals surface area contributed by atoms with E-state index in [1.165, 1.54) is 11.3 Å². The molecule has 3 nitrogen and oxygen atoms in total. The molecule has 11 heavy (non-hydrogen) atoms. The quantitative estimate of drug-likeness (QED) is 0.502. The van der Waals surface area contributed by atoms with E-state index in [1.54, 1.807) is 0 Å². The lowest BCUT2D eigenvalue weighted by atomic mass is 10.2. The van der Waals surface area contributed by atoms with Gasteiger partial charge in [-0.05, 0) is 11.4 Å². The molecular formula is C7H7NO2S. The summed E-state index contributed by atoms with van der Waals surface area (Å²) in [4.78, 5) is 11.3. The SMILES string of the molecule is O=[N+]([O-])C1(c2cccs2)CC1. The van der Waals surface area contributed by atoms with E-state index in [0.717, 1.165) is 4.88 Å². The molecule has 0 bridgehead atoms. The average molecular weight is 169 g/mol. The highest BCUT2D eigenvalue weighted by atomic mass is 32.1. The molecule has 0 saturated heterocycles. The summed E-state index contributed by atoms with van der Waals surface area (Å²) in [6.07, 6.45) is 1.42. The van der Waals surface area contributed by atoms with E-state index >= 15 is 0 Å². The number of hydrogen-bond donors (Lipinski definition) is 0. The summed E-state index contributed by atoms with van der Waals surface area (Å²) in [5.74, 6) is 0. The van der Waals surface area contributed by atoms with Gasteiger partial charge in [0.2, 0.25) is 0 Å². The minimum absolute atomic E-state index is 0.154. The van der Waals surface area contributed by atoms with Crippen LogP contribution in [0.1, 0.15) is 17.7 Å². The number of nitrogens with zero attached hydrogens (tertiary/aromatic N) is 1. The standard InChI is InChI=1S/C7H7NO2S/c9-8(10)7(3-4-7)6-2-1-5-11-6/h1-2,5H,3-4H2. The van der Waals surface area contributed by atoms with Crippen LogP contribution in [-0.2, 0) is 5.54 Å². The van der Waals surface area contributed by atoms with Crippen molar-refractivity contribution >= 4 is 11.3 Å². The van der Waals surface area contributed by atoms with Gasteiger partial charge < -0.3 is 0 Å². The first-order valence-corrected chi connectivity index (χ1v) is 4.32. The molecule has 1 aliphatic rings. The first-order chi connectivity index (χ1) is 5.26. The molecule has 1 heterocycles. The van der Waals surface area contributed by atoms with Crippen molar-refractivity contribution in [2.75, 3.05) is 0 Å². The molecule has 1 aromatic heterocycles. The van der Waals surface area contributed by atoms with E-state index < -0.39 is 5.54 Å². The molecule has 0 radical (unpaired) electrons. The first-order valence-electron chi connectivity index (χ1n) is 3.44. The molecule has 0 aliphatic heterocycles. The molecule has 0 N–H and O–H groups in total. The van der Waals surface area contributed by atoms with E-state index in [1.807, 2.05) is 17.5 Å². The highest BCUT2D eigenvalue weighted by Crippen LogP contribution is 2.49. The van der Waals surface area contributed by atoms with E-state index in [4.69, 9.17) is 0 Å². The minimum atomic E-state index is -0.686. The Kier molecular flexibility index (Phi) is 1.26. The summed E-state index contributed by atoms with van der Waals surface area (Å²) >= 11 is 1.48. The molecule has 4 heteroatoms. The maximum atomic E-state index is 10.6. The third-order valence-corrected chi connectivity index (χ3v) is 3.12. The van der Waals surface area contributed by atoms with Crippen molar-refractivity contribution in [3.63, 3.8) is 0 Å². The molecule has 0 unspecified atom stereocenters. The van der Waals surface area contributed by atoms with Crippen LogP contribution in [0, 0.1) is 10.1 Å². The van der Waals surface area contributed by atoms with Crippen LogP contribution in [0.3, 0.4) is 0 Å². The number of hydrogen-bond acceptors (Lipinski definition) is 3. The molecule has 0 spiro atoms. The van der Waals surface area contributed by atoms with Gasteiger partial charge in [0.25, 0.3) is 5.54 Å². The van der Waals surface area contributed by atoms with Gasteiger partial charge in [-0.2, -0.15) is 0 Å². The fraction of sp³-hybridized carbons (Fsp3) is 0.429. The summed E-state index contributed by atoms with van der Waals surface area (Å²) < 4.78 is 0. The summed E-state index contributed by atoms with van der Waals surface area (Å²) in [6, 6.07) is 3.71. The van der Waals surface area contributed by atoms with Crippen LogP contribution in [0.25, 0.3) is 0 Å². The number of thiophene rings is 1. The topological polar surface area (TPSA) is 43.1 Å². The van der Waals surface area contributed by atoms with Crippen LogP contribution in [0.15, 0.2) is 17.5 Å². The van der Waals surface area contributed by atoms with Crippen molar-refractivity contribution in [3.05, 3.63) is 32.5 Å². The van der Waals surface area contributed by atoms with Crippen molar-refractivity contribution in [2.24, 2.45) is 0 Å². The lowest BCUT2D eigenvalue weighted by molar-refractivity contribution is -0.545. The molecule has 1 aliphatic carbocycles. The summed E-state index contributed by atoms with van der Waals surface area (Å²) in [6.45, 7) is 0. The minimum Gasteiger partial charge on any atom is -0.264 e. The number of nitro groups is 1. The smallest absolute Gasteiger partial charge is 0.256 e. The van der Waals surface area contributed by atoms with Gasteiger partial charge in [-0.15, -0.1) is 11.3 Å². The number of rotatable bonds is 2. The van der Waals surface area contributed by atoms with Gasteiger partial charge in [0.1, 0.15) is 0 Å². The molecule has 58 valence electrons. The molecule has 0 amide bonds. The molecule has 1 saturated carbocycles. The summed E-state index contributed by atoms with van der Waals surface area (Å²) in [7, 11) is 0. The molecular weight excluding hydrogens is 162 g/mol. The predicted octanol–water partition coefficient (Wildman–Crippen LogP) is 2.01. The van der Waals surface area contributed by atoms with Gasteiger partial charge >= 0.3 is 0 Å². The lowest BCUT2D eigenvalue weighted by Gasteiger charge is -2.01. The molecule has 0 aromatic carbocycles. The van der Waals surface area contributed by atoms with Gasteiger partial charge in [0.15, 0.2) is 0 Å². The van der Waals surface area contributed by atoms with Crippen molar-refractivity contribution in [2.45, 2.75) is 18.4 Å². The maximum Gasteiger partial charge on any atom is 0.256 e. The fourth-order valence-corrected chi connectivity index (χ4v) is 2.14. The van der Waals surface area contributed by atoms with E-state index in [2.05, 4.69) is 0 Å². The van der Waals surface area contributed by atoms with Gasteiger partial charge in [-0.1, -0.05) is 6.07 Å². The Bertz CT molecular complexity index is 277. The highest BCUT2D eigenvalue weighted by Gasteiger charge is 2.58. The largest absolute Gasteiger partial charge is 0.264 e. The van der Waals surface area contributed by atoms with Gasteiger partial charge in [0, 0.05) is 17.8 Å².